The minimum Gasteiger partial charge on any atom is -0.385 e. The lowest BCUT2D eigenvalue weighted by Gasteiger charge is -2.32. The second-order valence-electron chi connectivity index (χ2n) is 4.86. The number of rotatable bonds is 4. The average molecular weight is 236 g/mol. The molecule has 1 atom stereocenters. The standard InChI is InChI=1S/C14H21FN2/c1-17-10-3-2-7-14(17)8-9-16-13-6-4-5-12(15)11-13/h4-6,11,14,16H,2-3,7-10H2,1H3. The number of likely N-dealkylation sites (tertiary alicyclic amines) is 1. The van der Waals surface area contributed by atoms with Gasteiger partial charge in [0.15, 0.2) is 0 Å². The van der Waals surface area contributed by atoms with Crippen molar-refractivity contribution in [3.05, 3.63) is 30.1 Å². The van der Waals surface area contributed by atoms with Gasteiger partial charge < -0.3 is 10.2 Å². The fourth-order valence-corrected chi connectivity index (χ4v) is 2.49. The van der Waals surface area contributed by atoms with Gasteiger partial charge in [0.2, 0.25) is 0 Å². The van der Waals surface area contributed by atoms with E-state index in [9.17, 15) is 4.39 Å². The molecule has 1 heterocycles. The maximum absolute atomic E-state index is 13.0. The van der Waals surface area contributed by atoms with Crippen LogP contribution in [0, 0.1) is 5.82 Å². The molecule has 1 fully saturated rings. The third-order valence-corrected chi connectivity index (χ3v) is 3.55. The largest absolute Gasteiger partial charge is 0.385 e. The van der Waals surface area contributed by atoms with Crippen molar-refractivity contribution in [1.82, 2.24) is 4.90 Å². The molecule has 1 aromatic carbocycles. The number of piperidine rings is 1. The van der Waals surface area contributed by atoms with E-state index in [-0.39, 0.29) is 5.82 Å². The first-order valence-electron chi connectivity index (χ1n) is 6.45. The van der Waals surface area contributed by atoms with Gasteiger partial charge in [-0.05, 0) is 51.1 Å². The summed E-state index contributed by atoms with van der Waals surface area (Å²) in [5.41, 5.74) is 0.878. The Labute approximate surface area is 103 Å². The molecule has 1 N–H and O–H groups in total. The van der Waals surface area contributed by atoms with Crippen molar-refractivity contribution in [1.29, 1.82) is 0 Å². The summed E-state index contributed by atoms with van der Waals surface area (Å²) in [7, 11) is 2.20. The van der Waals surface area contributed by atoms with Crippen LogP contribution in [0.2, 0.25) is 0 Å². The van der Waals surface area contributed by atoms with Gasteiger partial charge in [0.1, 0.15) is 5.82 Å². The summed E-state index contributed by atoms with van der Waals surface area (Å²) in [5, 5.41) is 3.29. The van der Waals surface area contributed by atoms with E-state index in [0.29, 0.717) is 6.04 Å². The summed E-state index contributed by atoms with van der Waals surface area (Å²) >= 11 is 0. The molecule has 3 heteroatoms. The van der Waals surface area contributed by atoms with E-state index < -0.39 is 0 Å². The van der Waals surface area contributed by atoms with Gasteiger partial charge in [-0.3, -0.25) is 0 Å². The Hall–Kier alpha value is -1.09. The van der Waals surface area contributed by atoms with E-state index in [1.165, 1.54) is 31.9 Å². The van der Waals surface area contributed by atoms with Crippen molar-refractivity contribution in [2.45, 2.75) is 31.7 Å². The van der Waals surface area contributed by atoms with Gasteiger partial charge in [0.25, 0.3) is 0 Å². The highest BCUT2D eigenvalue weighted by Crippen LogP contribution is 2.18. The summed E-state index contributed by atoms with van der Waals surface area (Å²) in [6.45, 7) is 2.13. The van der Waals surface area contributed by atoms with Crippen molar-refractivity contribution in [2.24, 2.45) is 0 Å². The maximum atomic E-state index is 13.0. The third-order valence-electron chi connectivity index (χ3n) is 3.55. The summed E-state index contributed by atoms with van der Waals surface area (Å²) in [5.74, 6) is -0.176. The molecule has 1 aliphatic rings. The molecule has 17 heavy (non-hydrogen) atoms. The molecule has 0 spiro atoms. The number of hydrogen-bond donors (Lipinski definition) is 1. The van der Waals surface area contributed by atoms with Crippen LogP contribution in [-0.2, 0) is 0 Å². The van der Waals surface area contributed by atoms with Gasteiger partial charge >= 0.3 is 0 Å². The van der Waals surface area contributed by atoms with E-state index in [0.717, 1.165) is 18.7 Å². The van der Waals surface area contributed by atoms with Crippen LogP contribution < -0.4 is 5.32 Å². The van der Waals surface area contributed by atoms with Crippen LogP contribution in [0.25, 0.3) is 0 Å². The molecule has 1 saturated heterocycles. The molecular weight excluding hydrogens is 215 g/mol. The fraction of sp³-hybridized carbons (Fsp3) is 0.571. The lowest BCUT2D eigenvalue weighted by molar-refractivity contribution is 0.179. The predicted molar refractivity (Wildman–Crippen MR) is 69.8 cm³/mol. The highest BCUT2D eigenvalue weighted by atomic mass is 19.1. The SMILES string of the molecule is CN1CCCCC1CCNc1cccc(F)c1. The number of benzene rings is 1. The summed E-state index contributed by atoms with van der Waals surface area (Å²) in [6.07, 6.45) is 5.09. The molecule has 1 aliphatic heterocycles. The number of nitrogens with one attached hydrogen (secondary N) is 1. The molecule has 0 amide bonds. The molecule has 0 radical (unpaired) electrons. The van der Waals surface area contributed by atoms with Crippen LogP contribution in [0.1, 0.15) is 25.7 Å². The van der Waals surface area contributed by atoms with Crippen LogP contribution in [0.4, 0.5) is 10.1 Å². The van der Waals surface area contributed by atoms with Gasteiger partial charge in [-0.15, -0.1) is 0 Å². The van der Waals surface area contributed by atoms with Crippen LogP contribution in [0.5, 0.6) is 0 Å². The second-order valence-corrected chi connectivity index (χ2v) is 4.86. The van der Waals surface area contributed by atoms with Gasteiger partial charge in [-0.2, -0.15) is 0 Å². The molecule has 0 bridgehead atoms. The van der Waals surface area contributed by atoms with Crippen LogP contribution in [0.15, 0.2) is 24.3 Å². The zero-order valence-corrected chi connectivity index (χ0v) is 10.5. The van der Waals surface area contributed by atoms with Gasteiger partial charge in [0.05, 0.1) is 0 Å². The van der Waals surface area contributed by atoms with E-state index >= 15 is 0 Å². The normalized spacial score (nSPS) is 21.4. The Bertz CT molecular complexity index is 354. The fourth-order valence-electron chi connectivity index (χ4n) is 2.49. The first kappa shape index (κ1) is 12.4. The van der Waals surface area contributed by atoms with E-state index in [2.05, 4.69) is 17.3 Å². The number of hydrogen-bond acceptors (Lipinski definition) is 2. The Morgan fingerprint density at radius 1 is 1.41 bits per heavy atom. The van der Waals surface area contributed by atoms with E-state index in [4.69, 9.17) is 0 Å². The van der Waals surface area contributed by atoms with Crippen molar-refractivity contribution in [3.8, 4) is 0 Å². The molecule has 94 valence electrons. The molecule has 2 nitrogen and oxygen atoms in total. The number of halogens is 1. The van der Waals surface area contributed by atoms with Crippen LogP contribution in [0.3, 0.4) is 0 Å². The summed E-state index contributed by atoms with van der Waals surface area (Å²) in [4.78, 5) is 2.44. The van der Waals surface area contributed by atoms with E-state index in [1.54, 1.807) is 12.1 Å². The van der Waals surface area contributed by atoms with Crippen LogP contribution in [-0.4, -0.2) is 31.1 Å². The molecule has 1 aromatic rings. The monoisotopic (exact) mass is 236 g/mol. The van der Waals surface area contributed by atoms with E-state index in [1.807, 2.05) is 6.07 Å². The second kappa shape index (κ2) is 6.01. The highest BCUT2D eigenvalue weighted by Gasteiger charge is 2.17. The molecular formula is C14H21FN2. The van der Waals surface area contributed by atoms with Crippen molar-refractivity contribution in [3.63, 3.8) is 0 Å². The minimum absolute atomic E-state index is 0.176. The predicted octanol–water partition coefficient (Wildman–Crippen LogP) is 3.11. The minimum atomic E-state index is -0.176. The van der Waals surface area contributed by atoms with Gasteiger partial charge in [-0.25, -0.2) is 4.39 Å². The van der Waals surface area contributed by atoms with Crippen LogP contribution >= 0.6 is 0 Å². The lowest BCUT2D eigenvalue weighted by Crippen LogP contribution is -2.37. The quantitative estimate of drug-likeness (QED) is 0.864. The Kier molecular flexibility index (Phi) is 4.37. The van der Waals surface area contributed by atoms with Crippen molar-refractivity contribution in [2.75, 3.05) is 25.5 Å². The zero-order chi connectivity index (χ0) is 12.1. The van der Waals surface area contributed by atoms with Gasteiger partial charge in [-0.1, -0.05) is 12.5 Å². The zero-order valence-electron chi connectivity index (χ0n) is 10.5. The smallest absolute Gasteiger partial charge is 0.125 e. The molecule has 0 aliphatic carbocycles. The summed E-state index contributed by atoms with van der Waals surface area (Å²) < 4.78 is 13.0. The molecule has 2 rings (SSSR count). The maximum Gasteiger partial charge on any atom is 0.125 e. The topological polar surface area (TPSA) is 15.3 Å². The molecule has 1 unspecified atom stereocenters. The van der Waals surface area contributed by atoms with Gasteiger partial charge in [0, 0.05) is 18.3 Å². The van der Waals surface area contributed by atoms with Crippen molar-refractivity contribution >= 4 is 5.69 Å². The number of anilines is 1. The molecule has 0 saturated carbocycles. The molecule has 0 aromatic heterocycles. The first-order chi connectivity index (χ1) is 8.25. The Balaban J connectivity index is 1.75. The first-order valence-corrected chi connectivity index (χ1v) is 6.45. The number of nitrogens with zero attached hydrogens (tertiary/aromatic N) is 1. The average Bonchev–Trinajstić information content (AvgIpc) is 2.32. The highest BCUT2D eigenvalue weighted by molar-refractivity contribution is 5.42. The van der Waals surface area contributed by atoms with Crippen molar-refractivity contribution < 1.29 is 4.39 Å². The Morgan fingerprint density at radius 3 is 3.06 bits per heavy atom. The third kappa shape index (κ3) is 3.70. The Morgan fingerprint density at radius 2 is 2.29 bits per heavy atom. The lowest BCUT2D eigenvalue weighted by atomic mass is 10.0. The summed E-state index contributed by atoms with van der Waals surface area (Å²) in [6, 6.07) is 7.35.